The van der Waals surface area contributed by atoms with Gasteiger partial charge in [-0.15, -0.1) is 11.6 Å². The SMILES string of the molecule is Cc1cc2c(cc1C=CCCCl)C(C)(C)CCC2(C)C. The van der Waals surface area contributed by atoms with Gasteiger partial charge >= 0.3 is 0 Å². The monoisotopic (exact) mass is 290 g/mol. The molecule has 1 heteroatoms. The molecule has 0 heterocycles. The first-order valence-corrected chi connectivity index (χ1v) is 8.19. The summed E-state index contributed by atoms with van der Waals surface area (Å²) >= 11 is 5.75. The summed E-state index contributed by atoms with van der Waals surface area (Å²) < 4.78 is 0. The molecule has 0 aliphatic heterocycles. The van der Waals surface area contributed by atoms with Crippen LogP contribution in [0.5, 0.6) is 0 Å². The second-order valence-electron chi connectivity index (χ2n) is 7.40. The van der Waals surface area contributed by atoms with Crippen LogP contribution in [0, 0.1) is 6.92 Å². The van der Waals surface area contributed by atoms with Gasteiger partial charge in [0.1, 0.15) is 0 Å². The first-order valence-electron chi connectivity index (χ1n) is 7.66. The van der Waals surface area contributed by atoms with Crippen LogP contribution >= 0.6 is 11.6 Å². The Morgan fingerprint density at radius 1 is 1.05 bits per heavy atom. The van der Waals surface area contributed by atoms with Crippen LogP contribution in [0.4, 0.5) is 0 Å². The summed E-state index contributed by atoms with van der Waals surface area (Å²) in [5.41, 5.74) is 6.38. The fourth-order valence-corrected chi connectivity index (χ4v) is 3.32. The number of hydrogen-bond donors (Lipinski definition) is 0. The zero-order valence-electron chi connectivity index (χ0n) is 13.5. The summed E-state index contributed by atoms with van der Waals surface area (Å²) in [7, 11) is 0. The highest BCUT2D eigenvalue weighted by atomic mass is 35.5. The molecule has 0 nitrogen and oxygen atoms in total. The van der Waals surface area contributed by atoms with Gasteiger partial charge in [0.05, 0.1) is 0 Å². The first-order chi connectivity index (χ1) is 9.28. The Morgan fingerprint density at radius 2 is 1.60 bits per heavy atom. The van der Waals surface area contributed by atoms with Crippen LogP contribution in [0.2, 0.25) is 0 Å². The maximum atomic E-state index is 5.75. The normalized spacial score (nSPS) is 20.1. The van der Waals surface area contributed by atoms with Crippen LogP contribution in [0.3, 0.4) is 0 Å². The Hall–Kier alpha value is -0.750. The van der Waals surface area contributed by atoms with Gasteiger partial charge in [-0.3, -0.25) is 0 Å². The van der Waals surface area contributed by atoms with E-state index in [1.165, 1.54) is 29.5 Å². The summed E-state index contributed by atoms with van der Waals surface area (Å²) in [4.78, 5) is 0. The molecule has 1 aliphatic carbocycles. The lowest BCUT2D eigenvalue weighted by atomic mass is 9.62. The third kappa shape index (κ3) is 2.96. The number of aryl methyl sites for hydroxylation is 1. The van der Waals surface area contributed by atoms with Crippen molar-refractivity contribution in [3.63, 3.8) is 0 Å². The molecule has 1 aromatic carbocycles. The Bertz CT molecular complexity index is 521. The molecule has 0 aromatic heterocycles. The lowest BCUT2D eigenvalue weighted by Gasteiger charge is -2.42. The van der Waals surface area contributed by atoms with Crippen molar-refractivity contribution in [2.24, 2.45) is 0 Å². The average molecular weight is 291 g/mol. The number of rotatable bonds is 3. The maximum Gasteiger partial charge on any atom is 0.0258 e. The van der Waals surface area contributed by atoms with Crippen LogP contribution in [0.15, 0.2) is 18.2 Å². The maximum absolute atomic E-state index is 5.75. The van der Waals surface area contributed by atoms with Gasteiger partial charge in [0.25, 0.3) is 0 Å². The summed E-state index contributed by atoms with van der Waals surface area (Å²) in [6, 6.07) is 4.83. The minimum absolute atomic E-state index is 0.285. The number of hydrogen-bond acceptors (Lipinski definition) is 0. The lowest BCUT2D eigenvalue weighted by Crippen LogP contribution is -2.34. The van der Waals surface area contributed by atoms with Crippen LogP contribution in [-0.2, 0) is 10.8 Å². The highest BCUT2D eigenvalue weighted by molar-refractivity contribution is 6.17. The highest BCUT2D eigenvalue weighted by Gasteiger charge is 2.37. The van der Waals surface area contributed by atoms with Crippen molar-refractivity contribution in [2.45, 2.75) is 64.7 Å². The molecular weight excluding hydrogens is 264 g/mol. The van der Waals surface area contributed by atoms with Crippen molar-refractivity contribution in [1.29, 1.82) is 0 Å². The summed E-state index contributed by atoms with van der Waals surface area (Å²) in [5.74, 6) is 0.693. The van der Waals surface area contributed by atoms with E-state index in [9.17, 15) is 0 Å². The van der Waals surface area contributed by atoms with Gasteiger partial charge in [0.15, 0.2) is 0 Å². The van der Waals surface area contributed by atoms with Crippen LogP contribution in [-0.4, -0.2) is 5.88 Å². The van der Waals surface area contributed by atoms with Crippen LogP contribution < -0.4 is 0 Å². The molecule has 0 saturated heterocycles. The van der Waals surface area contributed by atoms with E-state index < -0.39 is 0 Å². The molecule has 0 N–H and O–H groups in total. The minimum atomic E-state index is 0.285. The van der Waals surface area contributed by atoms with Crippen molar-refractivity contribution in [3.8, 4) is 0 Å². The van der Waals surface area contributed by atoms with E-state index in [0.717, 1.165) is 6.42 Å². The Morgan fingerprint density at radius 3 is 2.15 bits per heavy atom. The number of halogens is 1. The van der Waals surface area contributed by atoms with Crippen molar-refractivity contribution in [2.75, 3.05) is 5.88 Å². The molecular formula is C19H27Cl. The van der Waals surface area contributed by atoms with Crippen molar-refractivity contribution in [3.05, 3.63) is 40.5 Å². The molecule has 20 heavy (non-hydrogen) atoms. The van der Waals surface area contributed by atoms with E-state index in [1.54, 1.807) is 5.56 Å². The quantitative estimate of drug-likeness (QED) is 0.600. The van der Waals surface area contributed by atoms with Gasteiger partial charge in [0.2, 0.25) is 0 Å². The van der Waals surface area contributed by atoms with Gasteiger partial charge in [-0.25, -0.2) is 0 Å². The second-order valence-corrected chi connectivity index (χ2v) is 7.78. The number of allylic oxidation sites excluding steroid dienone is 1. The molecule has 0 unspecified atom stereocenters. The smallest absolute Gasteiger partial charge is 0.0258 e. The minimum Gasteiger partial charge on any atom is -0.126 e. The van der Waals surface area contributed by atoms with Crippen molar-refractivity contribution >= 4 is 17.7 Å². The molecule has 1 aliphatic rings. The third-order valence-electron chi connectivity index (χ3n) is 4.81. The fourth-order valence-electron chi connectivity index (χ4n) is 3.19. The van der Waals surface area contributed by atoms with E-state index in [2.05, 4.69) is 58.9 Å². The van der Waals surface area contributed by atoms with Gasteiger partial charge < -0.3 is 0 Å². The molecule has 0 radical (unpaired) electrons. The molecule has 0 saturated carbocycles. The molecule has 0 atom stereocenters. The first kappa shape index (κ1) is 15.6. The van der Waals surface area contributed by atoms with Crippen molar-refractivity contribution < 1.29 is 0 Å². The Kier molecular flexibility index (Phi) is 4.35. The topological polar surface area (TPSA) is 0 Å². The summed E-state index contributed by atoms with van der Waals surface area (Å²) in [6.45, 7) is 11.7. The highest BCUT2D eigenvalue weighted by Crippen LogP contribution is 2.46. The molecule has 0 spiro atoms. The van der Waals surface area contributed by atoms with E-state index in [0.29, 0.717) is 11.3 Å². The zero-order valence-corrected chi connectivity index (χ0v) is 14.3. The lowest BCUT2D eigenvalue weighted by molar-refractivity contribution is 0.331. The molecule has 110 valence electrons. The van der Waals surface area contributed by atoms with Crippen molar-refractivity contribution in [1.82, 2.24) is 0 Å². The average Bonchev–Trinajstić information content (AvgIpc) is 2.37. The predicted octanol–water partition coefficient (Wildman–Crippen LogP) is 5.99. The standard InChI is InChI=1S/C19H27Cl/c1-14-12-16-17(13-15(14)8-6-7-11-20)19(4,5)10-9-18(16,2)3/h6,8,12-13H,7,9-11H2,1-5H3. The zero-order chi connectivity index (χ0) is 15.0. The van der Waals surface area contributed by atoms with Gasteiger partial charge in [-0.05, 0) is 59.3 Å². The largest absolute Gasteiger partial charge is 0.126 e. The van der Waals surface area contributed by atoms with Crippen LogP contribution in [0.25, 0.3) is 6.08 Å². The number of fused-ring (bicyclic) bond motifs is 1. The number of benzene rings is 1. The fraction of sp³-hybridized carbons (Fsp3) is 0.579. The van der Waals surface area contributed by atoms with E-state index >= 15 is 0 Å². The van der Waals surface area contributed by atoms with Gasteiger partial charge in [-0.1, -0.05) is 52.0 Å². The van der Waals surface area contributed by atoms with Gasteiger partial charge in [-0.2, -0.15) is 0 Å². The Balaban J connectivity index is 2.52. The molecule has 0 bridgehead atoms. The molecule has 0 fully saturated rings. The van der Waals surface area contributed by atoms with Crippen LogP contribution in [0.1, 0.15) is 69.2 Å². The van der Waals surface area contributed by atoms with Gasteiger partial charge in [0, 0.05) is 5.88 Å². The summed E-state index contributed by atoms with van der Waals surface area (Å²) in [5, 5.41) is 0. The molecule has 0 amide bonds. The van der Waals surface area contributed by atoms with E-state index in [1.807, 2.05) is 0 Å². The predicted molar refractivity (Wildman–Crippen MR) is 90.8 cm³/mol. The Labute approximate surface area is 129 Å². The third-order valence-corrected chi connectivity index (χ3v) is 5.03. The van der Waals surface area contributed by atoms with E-state index in [4.69, 9.17) is 11.6 Å². The molecule has 2 rings (SSSR count). The van der Waals surface area contributed by atoms with E-state index in [-0.39, 0.29) is 5.41 Å². The number of alkyl halides is 1. The second kappa shape index (κ2) is 5.56. The molecule has 1 aromatic rings. The summed E-state index contributed by atoms with van der Waals surface area (Å²) in [6.07, 6.45) is 7.89.